The lowest BCUT2D eigenvalue weighted by atomic mass is 9.49. The molecule has 2 fully saturated rings. The third-order valence-corrected chi connectivity index (χ3v) is 8.20. The molecule has 3 N–H and O–H groups in total. The van der Waals surface area contributed by atoms with Crippen LogP contribution in [0.3, 0.4) is 0 Å². The summed E-state index contributed by atoms with van der Waals surface area (Å²) in [6.07, 6.45) is 5.95. The number of rotatable bonds is 8. The highest BCUT2D eigenvalue weighted by molar-refractivity contribution is 6.18. The van der Waals surface area contributed by atoms with Gasteiger partial charge in [0.2, 0.25) is 0 Å². The normalized spacial score (nSPS) is 30.8. The number of carbonyl (C=O) groups excluding carboxylic acids is 2. The van der Waals surface area contributed by atoms with Crippen molar-refractivity contribution in [3.8, 4) is 17.2 Å². The summed E-state index contributed by atoms with van der Waals surface area (Å²) in [5, 5.41) is 31.1. The summed E-state index contributed by atoms with van der Waals surface area (Å²) in [6.45, 7) is 8.08. The molecular weight excluding hydrogens is 476 g/mol. The molecule has 1 aromatic rings. The summed E-state index contributed by atoms with van der Waals surface area (Å²) >= 11 is 0. The maximum atomic E-state index is 14.1. The van der Waals surface area contributed by atoms with E-state index in [-0.39, 0.29) is 85.3 Å². The number of ether oxygens (including phenoxy) is 3. The van der Waals surface area contributed by atoms with Crippen LogP contribution in [0.1, 0.15) is 50.0 Å². The number of phenolic OH excluding ortho intramolecular Hbond substituents is 2. The SMILES string of the molecule is CC(C)=CCc1c(O)cc2c(c1O)C(=O)C1=C[C@H]3C(=O)[C@]4(CC=C(C)C)OC[C@H]([C@H]3COCCO)[C@]14O2. The quantitative estimate of drug-likeness (QED) is 0.359. The maximum Gasteiger partial charge on any atom is 0.200 e. The largest absolute Gasteiger partial charge is 0.507 e. The van der Waals surface area contributed by atoms with E-state index in [0.717, 1.165) is 11.1 Å². The Labute approximate surface area is 216 Å². The number of carbonyl (C=O) groups is 2. The lowest BCUT2D eigenvalue weighted by Crippen LogP contribution is -2.74. The summed E-state index contributed by atoms with van der Waals surface area (Å²) < 4.78 is 18.6. The van der Waals surface area contributed by atoms with Crippen LogP contribution < -0.4 is 4.74 Å². The highest BCUT2D eigenvalue weighted by Gasteiger charge is 2.79. The van der Waals surface area contributed by atoms with Crippen LogP contribution in [0.2, 0.25) is 0 Å². The molecule has 0 amide bonds. The zero-order valence-corrected chi connectivity index (χ0v) is 21.7. The molecule has 8 heteroatoms. The van der Waals surface area contributed by atoms with Crippen molar-refractivity contribution in [3.63, 3.8) is 0 Å². The van der Waals surface area contributed by atoms with Gasteiger partial charge in [0.1, 0.15) is 22.8 Å². The fourth-order valence-electron chi connectivity index (χ4n) is 6.48. The van der Waals surface area contributed by atoms with E-state index in [4.69, 9.17) is 14.2 Å². The van der Waals surface area contributed by atoms with Crippen LogP contribution in [0.15, 0.2) is 41.0 Å². The highest BCUT2D eigenvalue weighted by atomic mass is 16.6. The number of ketones is 2. The molecule has 198 valence electrons. The molecule has 1 saturated heterocycles. The first kappa shape index (κ1) is 25.7. The monoisotopic (exact) mass is 510 g/mol. The molecule has 4 bridgehead atoms. The summed E-state index contributed by atoms with van der Waals surface area (Å²) in [4.78, 5) is 28.1. The predicted molar refractivity (Wildman–Crippen MR) is 135 cm³/mol. The fraction of sp³-hybridized carbons (Fsp3) is 0.517. The molecule has 0 unspecified atom stereocenters. The summed E-state index contributed by atoms with van der Waals surface area (Å²) in [5.41, 5.74) is -0.244. The molecule has 0 aromatic heterocycles. The molecule has 3 aliphatic carbocycles. The zero-order chi connectivity index (χ0) is 26.7. The van der Waals surface area contributed by atoms with Gasteiger partial charge in [-0.05, 0) is 34.1 Å². The number of phenols is 2. The zero-order valence-electron chi connectivity index (χ0n) is 21.7. The summed E-state index contributed by atoms with van der Waals surface area (Å²) in [7, 11) is 0. The van der Waals surface area contributed by atoms with E-state index in [9.17, 15) is 24.9 Å². The van der Waals surface area contributed by atoms with Gasteiger partial charge in [-0.2, -0.15) is 0 Å². The number of aliphatic hydroxyl groups is 1. The first-order chi connectivity index (χ1) is 17.6. The number of aromatic hydroxyl groups is 2. The number of benzene rings is 1. The van der Waals surface area contributed by atoms with E-state index in [2.05, 4.69) is 0 Å². The van der Waals surface area contributed by atoms with E-state index in [1.807, 2.05) is 39.8 Å². The van der Waals surface area contributed by atoms with Gasteiger partial charge in [-0.3, -0.25) is 9.59 Å². The highest BCUT2D eigenvalue weighted by Crippen LogP contribution is 2.65. The van der Waals surface area contributed by atoms with Crippen molar-refractivity contribution < 1.29 is 39.1 Å². The van der Waals surface area contributed by atoms with Crippen molar-refractivity contribution in [1.82, 2.24) is 0 Å². The van der Waals surface area contributed by atoms with Gasteiger partial charge in [0.25, 0.3) is 0 Å². The molecule has 5 atom stereocenters. The van der Waals surface area contributed by atoms with E-state index in [1.54, 1.807) is 6.08 Å². The van der Waals surface area contributed by atoms with Gasteiger partial charge in [-0.1, -0.05) is 29.4 Å². The molecule has 8 nitrogen and oxygen atoms in total. The Kier molecular flexibility index (Phi) is 6.33. The number of fused-ring (bicyclic) bond motifs is 1. The smallest absolute Gasteiger partial charge is 0.200 e. The summed E-state index contributed by atoms with van der Waals surface area (Å²) in [6, 6.07) is 1.36. The minimum atomic E-state index is -1.41. The van der Waals surface area contributed by atoms with Crippen LogP contribution in [0.4, 0.5) is 0 Å². The van der Waals surface area contributed by atoms with Crippen LogP contribution in [0.25, 0.3) is 0 Å². The number of hydrogen-bond donors (Lipinski definition) is 3. The van der Waals surface area contributed by atoms with Gasteiger partial charge in [-0.25, -0.2) is 0 Å². The van der Waals surface area contributed by atoms with Gasteiger partial charge in [0.15, 0.2) is 22.8 Å². The molecule has 0 radical (unpaired) electrons. The van der Waals surface area contributed by atoms with Crippen molar-refractivity contribution in [2.24, 2.45) is 17.8 Å². The third-order valence-electron chi connectivity index (χ3n) is 8.20. The van der Waals surface area contributed by atoms with E-state index < -0.39 is 22.9 Å². The second kappa shape index (κ2) is 9.11. The molecule has 5 aliphatic rings. The van der Waals surface area contributed by atoms with Crippen molar-refractivity contribution >= 4 is 11.6 Å². The maximum absolute atomic E-state index is 14.1. The van der Waals surface area contributed by atoms with Crippen LogP contribution in [0.5, 0.6) is 17.2 Å². The van der Waals surface area contributed by atoms with Gasteiger partial charge < -0.3 is 29.5 Å². The van der Waals surface area contributed by atoms with E-state index in [0.29, 0.717) is 5.57 Å². The van der Waals surface area contributed by atoms with Crippen LogP contribution in [-0.2, 0) is 20.7 Å². The lowest BCUT2D eigenvalue weighted by Gasteiger charge is -2.58. The standard InChI is InChI=1S/C29H34O8/c1-15(2)5-6-17-22(31)12-23-24(25(17)32)26(33)20-11-18-19(13-35-10-9-30)21-14-36-28(27(18)34,8-7-16(3)4)29(20,21)37-23/h5,7,11-12,18-19,21,30-32H,6,8-10,13-14H2,1-4H3/t18-,19+,21-,28+,29-/m1/s1. The second-order valence-electron chi connectivity index (χ2n) is 10.9. The van der Waals surface area contributed by atoms with Gasteiger partial charge in [-0.15, -0.1) is 0 Å². The lowest BCUT2D eigenvalue weighted by molar-refractivity contribution is -0.172. The van der Waals surface area contributed by atoms with Gasteiger partial charge in [0.05, 0.1) is 26.4 Å². The minimum absolute atomic E-state index is 0.00308. The Bertz CT molecular complexity index is 1250. The predicted octanol–water partition coefficient (Wildman–Crippen LogP) is 3.43. The average Bonchev–Trinajstić information content (AvgIpc) is 3.11. The van der Waals surface area contributed by atoms with Crippen LogP contribution in [-0.4, -0.2) is 64.5 Å². The molecule has 6 rings (SSSR count). The molecule has 1 saturated carbocycles. The van der Waals surface area contributed by atoms with Crippen LogP contribution in [0, 0.1) is 17.8 Å². The Morgan fingerprint density at radius 1 is 1.16 bits per heavy atom. The Morgan fingerprint density at radius 2 is 1.89 bits per heavy atom. The first-order valence-corrected chi connectivity index (χ1v) is 12.8. The topological polar surface area (TPSA) is 123 Å². The third kappa shape index (κ3) is 3.53. The van der Waals surface area contributed by atoms with E-state index in [1.165, 1.54) is 6.07 Å². The Morgan fingerprint density at radius 3 is 2.57 bits per heavy atom. The second-order valence-corrected chi connectivity index (χ2v) is 10.9. The van der Waals surface area contributed by atoms with Crippen molar-refractivity contribution in [2.75, 3.05) is 26.4 Å². The van der Waals surface area contributed by atoms with Crippen LogP contribution >= 0.6 is 0 Å². The number of hydrogen-bond acceptors (Lipinski definition) is 8. The van der Waals surface area contributed by atoms with Crippen molar-refractivity contribution in [3.05, 3.63) is 52.1 Å². The number of aliphatic hydroxyl groups excluding tert-OH is 1. The van der Waals surface area contributed by atoms with Gasteiger partial charge >= 0.3 is 0 Å². The first-order valence-electron chi connectivity index (χ1n) is 12.8. The molecule has 2 aliphatic heterocycles. The minimum Gasteiger partial charge on any atom is -0.507 e. The van der Waals surface area contributed by atoms with Crippen molar-refractivity contribution in [1.29, 1.82) is 0 Å². The molecule has 37 heavy (non-hydrogen) atoms. The molecule has 2 heterocycles. The number of Topliss-reactive ketones (excluding diaryl/α,β-unsaturated/α-hetero) is 2. The summed E-state index contributed by atoms with van der Waals surface area (Å²) in [5.74, 6) is -2.33. The molecule has 1 aromatic carbocycles. The number of allylic oxidation sites excluding steroid dienone is 4. The van der Waals surface area contributed by atoms with Crippen molar-refractivity contribution in [2.45, 2.75) is 51.7 Å². The fourth-order valence-corrected chi connectivity index (χ4v) is 6.48. The van der Waals surface area contributed by atoms with Gasteiger partial charge in [0, 0.05) is 41.4 Å². The average molecular weight is 511 g/mol. The molecule has 1 spiro atoms. The Hall–Kier alpha value is -2.94. The molecular formula is C29H34O8. The van der Waals surface area contributed by atoms with E-state index >= 15 is 0 Å². The Balaban J connectivity index is 1.69.